The molecule has 0 radical (unpaired) electrons. The van der Waals surface area contributed by atoms with Gasteiger partial charge in [-0.25, -0.2) is 4.79 Å². The standard InChI is InChI=1S/C24H21N3O3/c1-15-13-18(17(3)26(15)22-12-8-7-11-20(22)24(29)30)14-21-16(2)25-27(23(21)28)19-9-5-4-6-10-19/h4-14H,1-3H3,(H,29,30)/b21-14+. The van der Waals surface area contributed by atoms with E-state index in [1.54, 1.807) is 18.2 Å². The molecule has 0 bridgehead atoms. The van der Waals surface area contributed by atoms with Crippen molar-refractivity contribution in [3.8, 4) is 5.69 Å². The first-order valence-electron chi connectivity index (χ1n) is 9.57. The minimum absolute atomic E-state index is 0.186. The lowest BCUT2D eigenvalue weighted by atomic mass is 10.1. The minimum Gasteiger partial charge on any atom is -0.478 e. The largest absolute Gasteiger partial charge is 0.478 e. The van der Waals surface area contributed by atoms with E-state index in [1.165, 1.54) is 5.01 Å². The van der Waals surface area contributed by atoms with Crippen LogP contribution in [0, 0.1) is 13.8 Å². The zero-order valence-electron chi connectivity index (χ0n) is 17.0. The molecule has 0 saturated carbocycles. The Labute approximate surface area is 174 Å². The van der Waals surface area contributed by atoms with Crippen molar-refractivity contribution in [3.63, 3.8) is 0 Å². The van der Waals surface area contributed by atoms with Crippen LogP contribution in [0.4, 0.5) is 5.69 Å². The quantitative estimate of drug-likeness (QED) is 0.652. The number of aryl methyl sites for hydroxylation is 1. The average Bonchev–Trinajstić information content (AvgIpc) is 3.18. The van der Waals surface area contributed by atoms with Gasteiger partial charge in [-0.2, -0.15) is 10.1 Å². The van der Waals surface area contributed by atoms with Crippen LogP contribution in [-0.2, 0) is 4.79 Å². The maximum absolute atomic E-state index is 13.0. The fourth-order valence-electron chi connectivity index (χ4n) is 3.74. The molecule has 1 aliphatic rings. The summed E-state index contributed by atoms with van der Waals surface area (Å²) < 4.78 is 1.90. The summed E-state index contributed by atoms with van der Waals surface area (Å²) in [4.78, 5) is 24.7. The first-order valence-corrected chi connectivity index (χ1v) is 9.57. The van der Waals surface area contributed by atoms with Gasteiger partial charge in [0.1, 0.15) is 0 Å². The lowest BCUT2D eigenvalue weighted by molar-refractivity contribution is -0.114. The third kappa shape index (κ3) is 3.22. The highest BCUT2D eigenvalue weighted by Gasteiger charge is 2.29. The van der Waals surface area contributed by atoms with Crippen molar-refractivity contribution >= 4 is 29.4 Å². The zero-order valence-corrected chi connectivity index (χ0v) is 17.0. The van der Waals surface area contributed by atoms with E-state index in [0.717, 1.165) is 17.0 Å². The predicted octanol–water partition coefficient (Wildman–Crippen LogP) is 4.60. The molecule has 1 N–H and O–H groups in total. The monoisotopic (exact) mass is 399 g/mol. The number of carbonyl (C=O) groups excluding carboxylic acids is 1. The number of carboxylic acids is 1. The molecular weight excluding hydrogens is 378 g/mol. The van der Waals surface area contributed by atoms with Crippen molar-refractivity contribution in [2.45, 2.75) is 20.8 Å². The molecule has 0 unspecified atom stereocenters. The molecule has 0 aliphatic carbocycles. The number of para-hydroxylation sites is 2. The van der Waals surface area contributed by atoms with Gasteiger partial charge in [0, 0.05) is 11.4 Å². The zero-order chi connectivity index (χ0) is 21.4. The first kappa shape index (κ1) is 19.4. The summed E-state index contributed by atoms with van der Waals surface area (Å²) in [5, 5.41) is 15.4. The summed E-state index contributed by atoms with van der Waals surface area (Å²) in [6, 6.07) is 18.1. The van der Waals surface area contributed by atoms with E-state index in [9.17, 15) is 14.7 Å². The fourth-order valence-corrected chi connectivity index (χ4v) is 3.74. The molecule has 1 amide bonds. The molecule has 2 aromatic carbocycles. The highest BCUT2D eigenvalue weighted by molar-refractivity contribution is 6.32. The van der Waals surface area contributed by atoms with Gasteiger partial charge in [0.15, 0.2) is 0 Å². The summed E-state index contributed by atoms with van der Waals surface area (Å²) in [6.45, 7) is 5.64. The smallest absolute Gasteiger partial charge is 0.337 e. The molecule has 3 aromatic rings. The number of amides is 1. The predicted molar refractivity (Wildman–Crippen MR) is 117 cm³/mol. The van der Waals surface area contributed by atoms with Crippen molar-refractivity contribution in [2.75, 3.05) is 5.01 Å². The van der Waals surface area contributed by atoms with Gasteiger partial charge in [-0.3, -0.25) is 4.79 Å². The average molecular weight is 399 g/mol. The Bertz CT molecular complexity index is 1220. The molecular formula is C24H21N3O3. The summed E-state index contributed by atoms with van der Waals surface area (Å²) in [7, 11) is 0. The molecule has 150 valence electrons. The van der Waals surface area contributed by atoms with Crippen LogP contribution in [0.3, 0.4) is 0 Å². The molecule has 0 fully saturated rings. The van der Waals surface area contributed by atoms with E-state index in [2.05, 4.69) is 5.10 Å². The minimum atomic E-state index is -0.981. The number of rotatable bonds is 4. The number of hydrogen-bond acceptors (Lipinski definition) is 3. The summed E-state index contributed by atoms with van der Waals surface area (Å²) in [6.07, 6.45) is 1.83. The van der Waals surface area contributed by atoms with Gasteiger partial charge in [-0.1, -0.05) is 30.3 Å². The highest BCUT2D eigenvalue weighted by Crippen LogP contribution is 2.28. The molecule has 6 nitrogen and oxygen atoms in total. The topological polar surface area (TPSA) is 74.9 Å². The second-order valence-corrected chi connectivity index (χ2v) is 7.18. The summed E-state index contributed by atoms with van der Waals surface area (Å²) in [5.74, 6) is -1.17. The van der Waals surface area contributed by atoms with E-state index in [0.29, 0.717) is 22.7 Å². The van der Waals surface area contributed by atoms with Gasteiger partial charge in [0.05, 0.1) is 28.2 Å². The van der Waals surface area contributed by atoms with E-state index in [-0.39, 0.29) is 11.5 Å². The number of hydrogen-bond donors (Lipinski definition) is 1. The van der Waals surface area contributed by atoms with Crippen LogP contribution in [0.15, 0.2) is 71.3 Å². The van der Waals surface area contributed by atoms with Gasteiger partial charge < -0.3 is 9.67 Å². The van der Waals surface area contributed by atoms with Crippen LogP contribution in [0.1, 0.15) is 34.2 Å². The molecule has 6 heteroatoms. The SMILES string of the molecule is CC1=NN(c2ccccc2)C(=O)/C1=C/c1cc(C)n(-c2ccccc2C(=O)O)c1C. The molecule has 0 atom stereocenters. The lowest BCUT2D eigenvalue weighted by Crippen LogP contribution is -2.21. The number of aromatic nitrogens is 1. The Balaban J connectivity index is 1.77. The number of benzene rings is 2. The van der Waals surface area contributed by atoms with Gasteiger partial charge in [0.2, 0.25) is 0 Å². The Morgan fingerprint density at radius 3 is 2.37 bits per heavy atom. The van der Waals surface area contributed by atoms with Gasteiger partial charge in [-0.15, -0.1) is 0 Å². The van der Waals surface area contributed by atoms with Crippen LogP contribution in [-0.4, -0.2) is 27.3 Å². The molecule has 0 spiro atoms. The number of carbonyl (C=O) groups is 2. The van der Waals surface area contributed by atoms with Crippen LogP contribution in [0.25, 0.3) is 11.8 Å². The summed E-state index contributed by atoms with van der Waals surface area (Å²) in [5.41, 5.74) is 5.28. The van der Waals surface area contributed by atoms with Crippen molar-refractivity contribution < 1.29 is 14.7 Å². The van der Waals surface area contributed by atoms with E-state index < -0.39 is 5.97 Å². The number of anilines is 1. The van der Waals surface area contributed by atoms with Crippen molar-refractivity contribution in [3.05, 3.63) is 88.8 Å². The number of aromatic carboxylic acids is 1. The molecule has 30 heavy (non-hydrogen) atoms. The molecule has 0 saturated heterocycles. The van der Waals surface area contributed by atoms with Gasteiger partial charge in [0.25, 0.3) is 5.91 Å². The Kier molecular flexibility index (Phi) is 4.83. The first-order chi connectivity index (χ1) is 14.4. The van der Waals surface area contributed by atoms with E-state index in [4.69, 9.17) is 0 Å². The van der Waals surface area contributed by atoms with Crippen LogP contribution >= 0.6 is 0 Å². The Morgan fingerprint density at radius 2 is 1.67 bits per heavy atom. The van der Waals surface area contributed by atoms with Crippen molar-refractivity contribution in [1.29, 1.82) is 0 Å². The molecule has 1 aliphatic heterocycles. The molecule has 4 rings (SSSR count). The van der Waals surface area contributed by atoms with Gasteiger partial charge in [-0.05, 0) is 62.7 Å². The number of hydrazone groups is 1. The third-order valence-corrected chi connectivity index (χ3v) is 5.21. The van der Waals surface area contributed by atoms with Crippen molar-refractivity contribution in [1.82, 2.24) is 4.57 Å². The Hall–Kier alpha value is -3.93. The van der Waals surface area contributed by atoms with Crippen LogP contribution in [0.2, 0.25) is 0 Å². The summed E-state index contributed by atoms with van der Waals surface area (Å²) >= 11 is 0. The third-order valence-electron chi connectivity index (χ3n) is 5.21. The van der Waals surface area contributed by atoms with Gasteiger partial charge >= 0.3 is 5.97 Å². The fraction of sp³-hybridized carbons (Fsp3) is 0.125. The molecule has 1 aromatic heterocycles. The second-order valence-electron chi connectivity index (χ2n) is 7.18. The highest BCUT2D eigenvalue weighted by atomic mass is 16.4. The number of nitrogens with zero attached hydrogens (tertiary/aromatic N) is 3. The van der Waals surface area contributed by atoms with E-state index >= 15 is 0 Å². The second kappa shape index (κ2) is 7.48. The van der Waals surface area contributed by atoms with Crippen LogP contribution < -0.4 is 5.01 Å². The van der Waals surface area contributed by atoms with Crippen LogP contribution in [0.5, 0.6) is 0 Å². The number of carboxylic acid groups (broad SMARTS) is 1. The lowest BCUT2D eigenvalue weighted by Gasteiger charge is -2.12. The van der Waals surface area contributed by atoms with Crippen molar-refractivity contribution in [2.24, 2.45) is 5.10 Å². The van der Waals surface area contributed by atoms with E-state index in [1.807, 2.05) is 73.9 Å². The molecule has 2 heterocycles. The normalized spacial score (nSPS) is 15.0. The maximum Gasteiger partial charge on any atom is 0.337 e. The Morgan fingerprint density at radius 1 is 1.00 bits per heavy atom. The maximum atomic E-state index is 13.0.